The summed E-state index contributed by atoms with van der Waals surface area (Å²) in [5.74, 6) is 0.224. The van der Waals surface area contributed by atoms with Crippen molar-refractivity contribution in [3.8, 4) is 6.07 Å². The molecule has 2 aromatic carbocycles. The molecular weight excluding hydrogens is 334 g/mol. The molecule has 0 spiro atoms. The first-order chi connectivity index (χ1) is 12.9. The van der Waals surface area contributed by atoms with Gasteiger partial charge in [0.1, 0.15) is 5.82 Å². The lowest BCUT2D eigenvalue weighted by Gasteiger charge is -2.47. The largest absolute Gasteiger partial charge is 0.362 e. The maximum atomic E-state index is 13.2. The number of nitrogens with zero attached hydrogens (tertiary/aromatic N) is 2. The molecule has 1 heterocycles. The number of benzene rings is 2. The summed E-state index contributed by atoms with van der Waals surface area (Å²) >= 11 is 0. The van der Waals surface area contributed by atoms with Crippen LogP contribution in [0.25, 0.3) is 0 Å². The summed E-state index contributed by atoms with van der Waals surface area (Å²) in [6, 6.07) is 20.5. The smallest absolute Gasteiger partial charge is 0.238 e. The number of hydrogen-bond acceptors (Lipinski definition) is 3. The number of carbonyl (C=O) groups is 1. The Bertz CT molecular complexity index is 938. The molecule has 2 aliphatic rings. The summed E-state index contributed by atoms with van der Waals surface area (Å²) in [7, 11) is 1.75. The number of nitriles is 1. The molecule has 1 aliphatic heterocycles. The molecule has 2 fully saturated rings. The zero-order valence-corrected chi connectivity index (χ0v) is 15.7. The van der Waals surface area contributed by atoms with Crippen molar-refractivity contribution in [3.05, 3.63) is 83.7 Å². The predicted molar refractivity (Wildman–Crippen MR) is 105 cm³/mol. The number of carbonyl (C=O) groups excluding carboxylic acids is 1. The molecule has 1 amide bonds. The van der Waals surface area contributed by atoms with Crippen molar-refractivity contribution in [1.29, 1.82) is 5.26 Å². The lowest BCUT2D eigenvalue weighted by atomic mass is 9.73. The average molecular weight is 357 g/mol. The van der Waals surface area contributed by atoms with Crippen molar-refractivity contribution >= 4 is 5.91 Å². The minimum Gasteiger partial charge on any atom is -0.362 e. The molecule has 0 aromatic heterocycles. The van der Waals surface area contributed by atoms with Gasteiger partial charge in [0, 0.05) is 7.05 Å². The minimum atomic E-state index is -0.601. The van der Waals surface area contributed by atoms with Crippen molar-refractivity contribution in [3.63, 3.8) is 0 Å². The van der Waals surface area contributed by atoms with Gasteiger partial charge in [-0.2, -0.15) is 5.26 Å². The highest BCUT2D eigenvalue weighted by atomic mass is 16.2. The fourth-order valence-electron chi connectivity index (χ4n) is 4.11. The van der Waals surface area contributed by atoms with Crippen LogP contribution >= 0.6 is 0 Å². The van der Waals surface area contributed by atoms with Crippen molar-refractivity contribution < 1.29 is 4.79 Å². The van der Waals surface area contributed by atoms with Gasteiger partial charge in [0.2, 0.25) is 5.91 Å². The molecule has 0 unspecified atom stereocenters. The quantitative estimate of drug-likeness (QED) is 0.910. The van der Waals surface area contributed by atoms with Crippen LogP contribution in [0.4, 0.5) is 0 Å². The van der Waals surface area contributed by atoms with Gasteiger partial charge in [-0.05, 0) is 36.5 Å². The molecule has 0 radical (unpaired) electrons. The summed E-state index contributed by atoms with van der Waals surface area (Å²) in [5, 5.41) is 12.9. The monoisotopic (exact) mass is 357 g/mol. The van der Waals surface area contributed by atoms with Crippen LogP contribution in [0.3, 0.4) is 0 Å². The molecule has 2 atom stereocenters. The molecule has 4 rings (SSSR count). The van der Waals surface area contributed by atoms with Crippen molar-refractivity contribution in [2.75, 3.05) is 7.05 Å². The molecular formula is C23H23N3O. The first-order valence-corrected chi connectivity index (χ1v) is 9.23. The highest BCUT2D eigenvalue weighted by Gasteiger charge is 2.48. The van der Waals surface area contributed by atoms with E-state index in [1.54, 1.807) is 11.9 Å². The molecule has 4 heteroatoms. The van der Waals surface area contributed by atoms with Gasteiger partial charge in [0.05, 0.1) is 22.9 Å². The summed E-state index contributed by atoms with van der Waals surface area (Å²) in [4.78, 5) is 14.8. The van der Waals surface area contributed by atoms with E-state index < -0.39 is 5.54 Å². The average Bonchev–Trinajstić information content (AvgIpc) is 3.49. The van der Waals surface area contributed by atoms with E-state index in [-0.39, 0.29) is 17.2 Å². The van der Waals surface area contributed by atoms with Crippen LogP contribution in [0.15, 0.2) is 67.0 Å². The molecule has 1 N–H and O–H groups in total. The Morgan fingerprint density at radius 1 is 1.11 bits per heavy atom. The third kappa shape index (κ3) is 2.62. The van der Waals surface area contributed by atoms with Crippen LogP contribution in [0.1, 0.15) is 42.4 Å². The fraction of sp³-hybridized carbons (Fsp3) is 0.304. The number of amides is 1. The standard InChI is InChI=1S/C23H23N3O/c1-16-25-22(2,18-7-5-4-6-8-18)20(21(27)26(16)3)17-9-11-19(12-10-17)23(15-24)13-14-23/h4-12,20,25H,1,13-14H2,2-3H3/t20-,22+/m0/s1. The second-order valence-electron chi connectivity index (χ2n) is 7.79. The first-order valence-electron chi connectivity index (χ1n) is 9.23. The van der Waals surface area contributed by atoms with E-state index in [9.17, 15) is 10.1 Å². The Morgan fingerprint density at radius 3 is 2.30 bits per heavy atom. The second kappa shape index (κ2) is 5.99. The van der Waals surface area contributed by atoms with Crippen LogP contribution in [0, 0.1) is 11.3 Å². The Morgan fingerprint density at radius 2 is 1.74 bits per heavy atom. The second-order valence-corrected chi connectivity index (χ2v) is 7.79. The molecule has 1 saturated carbocycles. The highest BCUT2D eigenvalue weighted by Crippen LogP contribution is 2.48. The Labute approximate surface area is 160 Å². The molecule has 1 saturated heterocycles. The Kier molecular flexibility index (Phi) is 3.85. The maximum absolute atomic E-state index is 13.2. The number of hydrogen-bond donors (Lipinski definition) is 1. The van der Waals surface area contributed by atoms with Gasteiger partial charge in [0.15, 0.2) is 0 Å². The van der Waals surface area contributed by atoms with Gasteiger partial charge in [-0.25, -0.2) is 0 Å². The van der Waals surface area contributed by atoms with Gasteiger partial charge in [-0.1, -0.05) is 61.2 Å². The SMILES string of the molecule is C=C1N[C@](C)(c2ccccc2)[C@@H](c2ccc(C3(C#N)CC3)cc2)C(=O)N1C. The molecule has 4 nitrogen and oxygen atoms in total. The highest BCUT2D eigenvalue weighted by molar-refractivity contribution is 5.88. The van der Waals surface area contributed by atoms with E-state index in [2.05, 4.69) is 24.9 Å². The molecule has 1 aliphatic carbocycles. The van der Waals surface area contributed by atoms with Gasteiger partial charge in [-0.3, -0.25) is 4.79 Å². The third-order valence-electron chi connectivity index (χ3n) is 6.10. The number of nitrogens with one attached hydrogen (secondary N) is 1. The fourth-order valence-corrected chi connectivity index (χ4v) is 4.11. The van der Waals surface area contributed by atoms with Crippen LogP contribution in [-0.4, -0.2) is 17.9 Å². The zero-order chi connectivity index (χ0) is 19.2. The van der Waals surface area contributed by atoms with Crippen LogP contribution < -0.4 is 5.32 Å². The normalized spacial score (nSPS) is 26.3. The van der Waals surface area contributed by atoms with Gasteiger partial charge < -0.3 is 10.2 Å². The van der Waals surface area contributed by atoms with Crippen molar-refractivity contribution in [2.24, 2.45) is 0 Å². The molecule has 136 valence electrons. The minimum absolute atomic E-state index is 0.0132. The van der Waals surface area contributed by atoms with Crippen molar-refractivity contribution in [1.82, 2.24) is 10.2 Å². The maximum Gasteiger partial charge on any atom is 0.238 e. The number of rotatable bonds is 3. The molecule has 27 heavy (non-hydrogen) atoms. The Hall–Kier alpha value is -3.06. The van der Waals surface area contributed by atoms with E-state index in [1.165, 1.54) is 0 Å². The lowest BCUT2D eigenvalue weighted by Crippen LogP contribution is -2.57. The first kappa shape index (κ1) is 17.4. The van der Waals surface area contributed by atoms with E-state index >= 15 is 0 Å². The van der Waals surface area contributed by atoms with Crippen molar-refractivity contribution in [2.45, 2.75) is 36.6 Å². The van der Waals surface area contributed by atoms with Crippen LogP contribution in [-0.2, 0) is 15.7 Å². The van der Waals surface area contributed by atoms with E-state index in [1.807, 2.05) is 54.6 Å². The van der Waals surface area contributed by atoms with E-state index in [0.717, 1.165) is 29.5 Å². The van der Waals surface area contributed by atoms with Gasteiger partial charge in [-0.15, -0.1) is 0 Å². The van der Waals surface area contributed by atoms with Gasteiger partial charge >= 0.3 is 0 Å². The molecule has 0 bridgehead atoms. The lowest BCUT2D eigenvalue weighted by molar-refractivity contribution is -0.134. The predicted octanol–water partition coefficient (Wildman–Crippen LogP) is 3.77. The van der Waals surface area contributed by atoms with Crippen LogP contribution in [0.2, 0.25) is 0 Å². The Balaban J connectivity index is 1.78. The number of likely N-dealkylation sites (N-methyl/N-ethyl adjacent to an activating group) is 1. The van der Waals surface area contributed by atoms with Crippen LogP contribution in [0.5, 0.6) is 0 Å². The summed E-state index contributed by atoms with van der Waals surface area (Å²) < 4.78 is 0. The summed E-state index contributed by atoms with van der Waals surface area (Å²) in [6.07, 6.45) is 1.83. The van der Waals surface area contributed by atoms with E-state index in [4.69, 9.17) is 0 Å². The molecule has 2 aromatic rings. The topological polar surface area (TPSA) is 56.1 Å². The summed E-state index contributed by atoms with van der Waals surface area (Å²) in [5.41, 5.74) is 2.11. The van der Waals surface area contributed by atoms with Gasteiger partial charge in [0.25, 0.3) is 0 Å². The zero-order valence-electron chi connectivity index (χ0n) is 15.7. The summed E-state index contributed by atoms with van der Waals surface area (Å²) in [6.45, 7) is 6.07. The third-order valence-corrected chi connectivity index (χ3v) is 6.10. The van der Waals surface area contributed by atoms with E-state index in [0.29, 0.717) is 5.82 Å².